The quantitative estimate of drug-likeness (QED) is 0.227. The van der Waals surface area contributed by atoms with Crippen LogP contribution in [0, 0.1) is 0 Å². The first-order valence-corrected chi connectivity index (χ1v) is 14.7. The second kappa shape index (κ2) is 15.4. The smallest absolute Gasteiger partial charge is 0.351 e. The topological polar surface area (TPSA) is 108 Å². The van der Waals surface area contributed by atoms with Gasteiger partial charge in [0.1, 0.15) is 5.52 Å². The Labute approximate surface area is 269 Å². The van der Waals surface area contributed by atoms with Crippen LogP contribution in [0.5, 0.6) is 0 Å². The van der Waals surface area contributed by atoms with Gasteiger partial charge in [0.15, 0.2) is 5.65 Å². The van der Waals surface area contributed by atoms with Gasteiger partial charge in [0.25, 0.3) is 0 Å². The fourth-order valence-corrected chi connectivity index (χ4v) is 6.76. The van der Waals surface area contributed by atoms with Gasteiger partial charge in [-0.05, 0) is 82.4 Å². The Morgan fingerprint density at radius 3 is 2.49 bits per heavy atom. The minimum absolute atomic E-state index is 0. The van der Waals surface area contributed by atoms with Crippen molar-refractivity contribution >= 4 is 54.3 Å². The molecule has 3 fully saturated rings. The van der Waals surface area contributed by atoms with E-state index in [9.17, 15) is 13.2 Å². The van der Waals surface area contributed by atoms with Gasteiger partial charge >= 0.3 is 6.18 Å². The van der Waals surface area contributed by atoms with Crippen molar-refractivity contribution in [2.45, 2.75) is 107 Å². The lowest BCUT2D eigenvalue weighted by molar-refractivity contribution is -0.137. The lowest BCUT2D eigenvalue weighted by Crippen LogP contribution is -2.51. The molecule has 6 rings (SSSR count). The van der Waals surface area contributed by atoms with E-state index in [1.54, 1.807) is 12.4 Å². The Hall–Kier alpha value is -1.89. The average molecular weight is 666 g/mol. The normalized spacial score (nSPS) is 26.3. The first kappa shape index (κ1) is 35.6. The van der Waals surface area contributed by atoms with Crippen LogP contribution in [-0.4, -0.2) is 55.7 Å². The highest BCUT2D eigenvalue weighted by Gasteiger charge is 2.34. The van der Waals surface area contributed by atoms with Gasteiger partial charge < -0.3 is 16.0 Å². The Balaban J connectivity index is 0.00000169. The SMILES string of the molecule is Cl.Cl.Cl.NC1CCC(Nc2nc(C3CCC(NC4CCCCN4Cc4cccc(C(F)(F)F)c4)C3)c3[nH]cnc3n2)CC1. The summed E-state index contributed by atoms with van der Waals surface area (Å²) in [5, 5.41) is 7.41. The Kier molecular flexibility index (Phi) is 12.7. The first-order chi connectivity index (χ1) is 19.3. The standard InChI is InChI=1S/C29H39F3N8.3ClH/c30-29(31,32)20-5-3-4-18(14-20)16-40-13-2-1-6-24(40)36-23-10-7-19(15-23)25-26-27(35-17-34-26)39-28(38-25)37-22-11-8-21(33)9-12-22;;;/h3-5,14,17,19,21-24,36H,1-2,6-13,15-16,33H2,(H2,34,35,37,38,39);3*1H. The van der Waals surface area contributed by atoms with E-state index in [1.807, 2.05) is 0 Å². The zero-order valence-electron chi connectivity index (χ0n) is 24.0. The third-order valence-corrected chi connectivity index (χ3v) is 8.92. The first-order valence-electron chi connectivity index (χ1n) is 14.7. The second-order valence-corrected chi connectivity index (χ2v) is 11.8. The minimum atomic E-state index is -4.32. The van der Waals surface area contributed by atoms with Crippen molar-refractivity contribution in [3.05, 3.63) is 47.4 Å². The number of nitrogens with zero attached hydrogens (tertiary/aromatic N) is 4. The molecule has 14 heteroatoms. The number of likely N-dealkylation sites (tertiary alicyclic amines) is 1. The zero-order chi connectivity index (χ0) is 27.7. The van der Waals surface area contributed by atoms with Crippen molar-refractivity contribution in [1.82, 2.24) is 30.2 Å². The van der Waals surface area contributed by atoms with Gasteiger partial charge in [-0.1, -0.05) is 18.2 Å². The maximum Gasteiger partial charge on any atom is 0.416 e. The largest absolute Gasteiger partial charge is 0.416 e. The van der Waals surface area contributed by atoms with Gasteiger partial charge in [0, 0.05) is 30.6 Å². The molecule has 1 aliphatic heterocycles. The molecule has 3 atom stereocenters. The summed E-state index contributed by atoms with van der Waals surface area (Å²) >= 11 is 0. The third-order valence-electron chi connectivity index (χ3n) is 8.92. The highest BCUT2D eigenvalue weighted by molar-refractivity contribution is 5.86. The number of halogens is 6. The van der Waals surface area contributed by atoms with E-state index >= 15 is 0 Å². The van der Waals surface area contributed by atoms with E-state index < -0.39 is 11.7 Å². The number of imidazole rings is 1. The molecule has 0 bridgehead atoms. The lowest BCUT2D eigenvalue weighted by atomic mass is 9.92. The van der Waals surface area contributed by atoms with Crippen molar-refractivity contribution in [3.8, 4) is 0 Å². The number of hydrogen-bond acceptors (Lipinski definition) is 7. The van der Waals surface area contributed by atoms with Crippen LogP contribution < -0.4 is 16.4 Å². The van der Waals surface area contributed by atoms with Crippen LogP contribution in [0.25, 0.3) is 11.2 Å². The predicted octanol–water partition coefficient (Wildman–Crippen LogP) is 6.56. The van der Waals surface area contributed by atoms with Crippen LogP contribution in [0.15, 0.2) is 30.6 Å². The molecule has 5 N–H and O–H groups in total. The van der Waals surface area contributed by atoms with Crippen molar-refractivity contribution in [2.75, 3.05) is 11.9 Å². The van der Waals surface area contributed by atoms with Gasteiger partial charge in [-0.25, -0.2) is 9.97 Å². The summed E-state index contributed by atoms with van der Waals surface area (Å²) in [5.74, 6) is 0.926. The summed E-state index contributed by atoms with van der Waals surface area (Å²) in [6.45, 7) is 1.39. The second-order valence-electron chi connectivity index (χ2n) is 11.8. The molecule has 3 aliphatic rings. The molecule has 3 unspecified atom stereocenters. The fourth-order valence-electron chi connectivity index (χ4n) is 6.76. The molecule has 3 aromatic rings. The molecule has 240 valence electrons. The van der Waals surface area contributed by atoms with Crippen LogP contribution in [0.1, 0.15) is 86.9 Å². The van der Waals surface area contributed by atoms with E-state index in [4.69, 9.17) is 10.7 Å². The minimum Gasteiger partial charge on any atom is -0.351 e. The monoisotopic (exact) mass is 664 g/mol. The van der Waals surface area contributed by atoms with Crippen molar-refractivity contribution in [1.29, 1.82) is 0 Å². The summed E-state index contributed by atoms with van der Waals surface area (Å²) in [5.41, 5.74) is 8.82. The van der Waals surface area contributed by atoms with E-state index in [-0.39, 0.29) is 55.3 Å². The van der Waals surface area contributed by atoms with Crippen LogP contribution in [0.2, 0.25) is 0 Å². The number of benzene rings is 1. The molecule has 1 aromatic carbocycles. The number of nitrogens with two attached hydrogens (primary N) is 1. The van der Waals surface area contributed by atoms with Crippen LogP contribution in [-0.2, 0) is 12.7 Å². The van der Waals surface area contributed by atoms with E-state index in [0.29, 0.717) is 35.8 Å². The molecule has 0 radical (unpaired) electrons. The molecule has 2 saturated carbocycles. The molecule has 43 heavy (non-hydrogen) atoms. The number of H-pyrrole nitrogens is 1. The third kappa shape index (κ3) is 8.64. The van der Waals surface area contributed by atoms with Crippen molar-refractivity contribution in [2.24, 2.45) is 5.73 Å². The molecule has 3 heterocycles. The summed E-state index contributed by atoms with van der Waals surface area (Å²) in [6, 6.07) is 6.67. The van der Waals surface area contributed by atoms with Crippen LogP contribution in [0.4, 0.5) is 19.1 Å². The molecule has 2 aromatic heterocycles. The van der Waals surface area contributed by atoms with E-state index in [2.05, 4.69) is 30.5 Å². The number of aromatic amines is 1. The predicted molar refractivity (Wildman–Crippen MR) is 170 cm³/mol. The van der Waals surface area contributed by atoms with Crippen molar-refractivity contribution < 1.29 is 13.2 Å². The van der Waals surface area contributed by atoms with Crippen LogP contribution in [0.3, 0.4) is 0 Å². The number of piperidine rings is 1. The van der Waals surface area contributed by atoms with Gasteiger partial charge in [0.05, 0.1) is 23.8 Å². The molecular formula is C29H42Cl3F3N8. The average Bonchev–Trinajstić information content (AvgIpc) is 3.60. The highest BCUT2D eigenvalue weighted by atomic mass is 35.5. The van der Waals surface area contributed by atoms with Gasteiger partial charge in [-0.2, -0.15) is 18.2 Å². The highest BCUT2D eigenvalue weighted by Crippen LogP contribution is 2.37. The van der Waals surface area contributed by atoms with E-state index in [1.165, 1.54) is 12.1 Å². The summed E-state index contributed by atoms with van der Waals surface area (Å²) < 4.78 is 39.8. The summed E-state index contributed by atoms with van der Waals surface area (Å²) in [6.07, 6.45) is 7.75. The fraction of sp³-hybridized carbons (Fsp3) is 0.621. The number of anilines is 1. The van der Waals surface area contributed by atoms with Gasteiger partial charge in [-0.3, -0.25) is 10.2 Å². The maximum atomic E-state index is 13.3. The Morgan fingerprint density at radius 1 is 0.953 bits per heavy atom. The maximum absolute atomic E-state index is 13.3. The number of rotatable bonds is 7. The van der Waals surface area contributed by atoms with Gasteiger partial charge in [0.2, 0.25) is 5.95 Å². The molecule has 8 nitrogen and oxygen atoms in total. The zero-order valence-corrected chi connectivity index (χ0v) is 26.4. The van der Waals surface area contributed by atoms with E-state index in [0.717, 1.165) is 88.0 Å². The molecule has 2 aliphatic carbocycles. The number of aromatic nitrogens is 4. The lowest BCUT2D eigenvalue weighted by Gasteiger charge is -2.38. The molecule has 0 amide bonds. The number of fused-ring (bicyclic) bond motifs is 1. The number of nitrogens with one attached hydrogen (secondary N) is 3. The van der Waals surface area contributed by atoms with Crippen molar-refractivity contribution in [3.63, 3.8) is 0 Å². The Morgan fingerprint density at radius 2 is 1.72 bits per heavy atom. The Bertz CT molecular complexity index is 1300. The number of hydrogen-bond donors (Lipinski definition) is 4. The molecule has 1 saturated heterocycles. The molecule has 0 spiro atoms. The summed E-state index contributed by atoms with van der Waals surface area (Å²) in [4.78, 5) is 19.7. The summed E-state index contributed by atoms with van der Waals surface area (Å²) in [7, 11) is 0. The van der Waals surface area contributed by atoms with Crippen LogP contribution >= 0.6 is 37.2 Å². The van der Waals surface area contributed by atoms with Gasteiger partial charge in [-0.15, -0.1) is 37.2 Å². The molecular weight excluding hydrogens is 624 g/mol. The number of alkyl halides is 3.